The molecule has 0 radical (unpaired) electrons. The number of aliphatic hydroxyl groups is 1. The SMILES string of the molecule is CCCCCCCN(C)[C@@]1(OCC(O)C(C)(C)CCCC)C[C@H](OCc2ccccc2)C[C@@H]1OCc1ccccc1. The summed E-state index contributed by atoms with van der Waals surface area (Å²) >= 11 is 0. The molecule has 0 aliphatic heterocycles. The van der Waals surface area contributed by atoms with Crippen molar-refractivity contribution in [2.24, 2.45) is 5.41 Å². The highest BCUT2D eigenvalue weighted by Crippen LogP contribution is 2.42. The fourth-order valence-electron chi connectivity index (χ4n) is 5.90. The van der Waals surface area contributed by atoms with Crippen LogP contribution in [0.5, 0.6) is 0 Å². The molecule has 0 saturated heterocycles. The first-order valence-electron chi connectivity index (χ1n) is 16.1. The average molecular weight is 568 g/mol. The van der Waals surface area contributed by atoms with E-state index in [-0.39, 0.29) is 24.2 Å². The van der Waals surface area contributed by atoms with E-state index in [9.17, 15) is 5.11 Å². The standard InChI is InChI=1S/C36H57NO4/c1-6-8-10-11-18-24-37(5)36(41-29-33(38)35(3,4)23-9-7-2)26-32(39-27-30-19-14-12-15-20-30)25-34(36)40-28-31-21-16-13-17-22-31/h12-17,19-22,32-34,38H,6-11,18,23-29H2,1-5H3/t32-,33?,34+,36-/m1/s1. The van der Waals surface area contributed by atoms with Crippen LogP contribution in [0.1, 0.15) is 103 Å². The predicted molar refractivity (Wildman–Crippen MR) is 169 cm³/mol. The van der Waals surface area contributed by atoms with Gasteiger partial charge >= 0.3 is 0 Å². The lowest BCUT2D eigenvalue weighted by Crippen LogP contribution is -2.56. The lowest BCUT2D eigenvalue weighted by Gasteiger charge is -2.44. The fourth-order valence-corrected chi connectivity index (χ4v) is 5.90. The van der Waals surface area contributed by atoms with Crippen LogP contribution in [0.3, 0.4) is 0 Å². The quantitative estimate of drug-likeness (QED) is 0.129. The van der Waals surface area contributed by atoms with E-state index in [1.54, 1.807) is 0 Å². The predicted octanol–water partition coefficient (Wildman–Crippen LogP) is 8.14. The Morgan fingerprint density at radius 3 is 2.05 bits per heavy atom. The summed E-state index contributed by atoms with van der Waals surface area (Å²) in [5.74, 6) is 0. The van der Waals surface area contributed by atoms with E-state index in [2.05, 4.69) is 88.2 Å². The summed E-state index contributed by atoms with van der Waals surface area (Å²) in [6.45, 7) is 11.1. The van der Waals surface area contributed by atoms with Gasteiger partial charge in [-0.2, -0.15) is 0 Å². The molecule has 4 atom stereocenters. The van der Waals surface area contributed by atoms with Crippen molar-refractivity contribution in [2.75, 3.05) is 20.2 Å². The van der Waals surface area contributed by atoms with Crippen LogP contribution in [0.15, 0.2) is 60.7 Å². The summed E-state index contributed by atoms with van der Waals surface area (Å²) in [4.78, 5) is 2.37. The Morgan fingerprint density at radius 2 is 1.44 bits per heavy atom. The highest BCUT2D eigenvalue weighted by atomic mass is 16.6. The lowest BCUT2D eigenvalue weighted by atomic mass is 9.82. The third-order valence-electron chi connectivity index (χ3n) is 8.93. The van der Waals surface area contributed by atoms with Crippen molar-refractivity contribution < 1.29 is 19.3 Å². The Hall–Kier alpha value is -1.76. The number of hydrogen-bond acceptors (Lipinski definition) is 5. The van der Waals surface area contributed by atoms with Gasteiger partial charge in [-0.15, -0.1) is 0 Å². The first-order valence-corrected chi connectivity index (χ1v) is 16.1. The summed E-state index contributed by atoms with van der Waals surface area (Å²) in [5, 5.41) is 11.3. The molecular weight excluding hydrogens is 510 g/mol. The number of rotatable bonds is 20. The van der Waals surface area contributed by atoms with Gasteiger partial charge in [0.1, 0.15) is 6.10 Å². The molecule has 0 bridgehead atoms. The maximum Gasteiger partial charge on any atom is 0.150 e. The molecule has 1 aliphatic rings. The van der Waals surface area contributed by atoms with E-state index >= 15 is 0 Å². The highest BCUT2D eigenvalue weighted by Gasteiger charge is 2.53. The number of unbranched alkanes of at least 4 members (excludes halogenated alkanes) is 5. The van der Waals surface area contributed by atoms with Crippen LogP contribution in [-0.4, -0.2) is 54.2 Å². The minimum Gasteiger partial charge on any atom is -0.390 e. The molecule has 41 heavy (non-hydrogen) atoms. The third kappa shape index (κ3) is 10.5. The van der Waals surface area contributed by atoms with Crippen molar-refractivity contribution in [3.63, 3.8) is 0 Å². The monoisotopic (exact) mass is 567 g/mol. The maximum atomic E-state index is 11.3. The van der Waals surface area contributed by atoms with Gasteiger partial charge in [-0.05, 0) is 36.4 Å². The van der Waals surface area contributed by atoms with Gasteiger partial charge in [0, 0.05) is 19.4 Å². The van der Waals surface area contributed by atoms with Gasteiger partial charge < -0.3 is 19.3 Å². The number of hydrogen-bond donors (Lipinski definition) is 1. The summed E-state index contributed by atoms with van der Waals surface area (Å²) in [6, 6.07) is 20.7. The number of ether oxygens (including phenoxy) is 3. The lowest BCUT2D eigenvalue weighted by molar-refractivity contribution is -0.227. The van der Waals surface area contributed by atoms with Crippen LogP contribution in [-0.2, 0) is 27.4 Å². The fraction of sp³-hybridized carbons (Fsp3) is 0.667. The van der Waals surface area contributed by atoms with E-state index in [0.29, 0.717) is 19.6 Å². The van der Waals surface area contributed by atoms with Crippen molar-refractivity contribution in [1.82, 2.24) is 4.90 Å². The molecule has 0 amide bonds. The van der Waals surface area contributed by atoms with Gasteiger partial charge in [-0.25, -0.2) is 0 Å². The van der Waals surface area contributed by atoms with Crippen LogP contribution in [0, 0.1) is 5.41 Å². The molecule has 5 nitrogen and oxygen atoms in total. The largest absolute Gasteiger partial charge is 0.390 e. The molecule has 2 aromatic rings. The second kappa shape index (κ2) is 17.4. The van der Waals surface area contributed by atoms with Crippen molar-refractivity contribution >= 4 is 0 Å². The first-order chi connectivity index (χ1) is 19.8. The summed E-state index contributed by atoms with van der Waals surface area (Å²) < 4.78 is 20.1. The van der Waals surface area contributed by atoms with Crippen molar-refractivity contribution in [2.45, 2.75) is 129 Å². The molecule has 230 valence electrons. The van der Waals surface area contributed by atoms with Gasteiger partial charge in [0.25, 0.3) is 0 Å². The average Bonchev–Trinajstić information content (AvgIpc) is 3.36. The van der Waals surface area contributed by atoms with Gasteiger partial charge in [-0.1, -0.05) is 127 Å². The van der Waals surface area contributed by atoms with Gasteiger partial charge in [0.05, 0.1) is 32.0 Å². The molecule has 5 heteroatoms. The maximum absolute atomic E-state index is 11.3. The number of benzene rings is 2. The molecule has 2 aromatic carbocycles. The second-order valence-corrected chi connectivity index (χ2v) is 12.7. The van der Waals surface area contributed by atoms with Crippen LogP contribution < -0.4 is 0 Å². The summed E-state index contributed by atoms with van der Waals surface area (Å²) in [7, 11) is 2.17. The molecule has 3 rings (SSSR count). The van der Waals surface area contributed by atoms with E-state index in [4.69, 9.17) is 14.2 Å². The van der Waals surface area contributed by atoms with Gasteiger partial charge in [0.2, 0.25) is 0 Å². The van der Waals surface area contributed by atoms with Crippen LogP contribution >= 0.6 is 0 Å². The Morgan fingerprint density at radius 1 is 0.854 bits per heavy atom. The number of likely N-dealkylation sites (N-methyl/N-ethyl adjacent to an activating group) is 1. The van der Waals surface area contributed by atoms with Crippen LogP contribution in [0.25, 0.3) is 0 Å². The first kappa shape index (κ1) is 33.7. The number of nitrogens with zero attached hydrogens (tertiary/aromatic N) is 1. The molecule has 1 aliphatic carbocycles. The van der Waals surface area contributed by atoms with Crippen molar-refractivity contribution in [3.8, 4) is 0 Å². The zero-order valence-electron chi connectivity index (χ0n) is 26.5. The van der Waals surface area contributed by atoms with Crippen molar-refractivity contribution in [3.05, 3.63) is 71.8 Å². The van der Waals surface area contributed by atoms with E-state index < -0.39 is 11.8 Å². The van der Waals surface area contributed by atoms with E-state index in [0.717, 1.165) is 44.2 Å². The van der Waals surface area contributed by atoms with Crippen LogP contribution in [0.2, 0.25) is 0 Å². The van der Waals surface area contributed by atoms with E-state index in [1.165, 1.54) is 31.2 Å². The molecule has 1 fully saturated rings. The minimum atomic E-state index is -0.664. The Balaban J connectivity index is 1.81. The Bertz CT molecular complexity index is 953. The normalized spacial score (nSPS) is 21.9. The Labute approximate surface area is 250 Å². The summed E-state index contributed by atoms with van der Waals surface area (Å²) in [6.07, 6.45) is 10.1. The summed E-state index contributed by atoms with van der Waals surface area (Å²) in [5.41, 5.74) is 1.45. The third-order valence-corrected chi connectivity index (χ3v) is 8.93. The molecule has 0 heterocycles. The Kier molecular flexibility index (Phi) is 14.3. The molecule has 1 N–H and O–H groups in total. The smallest absolute Gasteiger partial charge is 0.150 e. The molecule has 1 saturated carbocycles. The van der Waals surface area contributed by atoms with Gasteiger partial charge in [0.15, 0.2) is 5.72 Å². The molecule has 1 unspecified atom stereocenters. The zero-order valence-corrected chi connectivity index (χ0v) is 26.5. The van der Waals surface area contributed by atoms with Crippen molar-refractivity contribution in [1.29, 1.82) is 0 Å². The molecule has 0 spiro atoms. The number of aliphatic hydroxyl groups excluding tert-OH is 1. The van der Waals surface area contributed by atoms with E-state index in [1.807, 2.05) is 12.1 Å². The topological polar surface area (TPSA) is 51.2 Å². The second-order valence-electron chi connectivity index (χ2n) is 12.7. The van der Waals surface area contributed by atoms with Gasteiger partial charge in [-0.3, -0.25) is 4.90 Å². The minimum absolute atomic E-state index is 0.00349. The highest BCUT2D eigenvalue weighted by molar-refractivity contribution is 5.15. The molecule has 0 aromatic heterocycles. The molecular formula is C36H57NO4. The van der Waals surface area contributed by atoms with Crippen LogP contribution in [0.4, 0.5) is 0 Å². The zero-order chi connectivity index (χ0) is 29.6.